The summed E-state index contributed by atoms with van der Waals surface area (Å²) in [5, 5.41) is 0. The van der Waals surface area contributed by atoms with Gasteiger partial charge in [0.25, 0.3) is 0 Å². The van der Waals surface area contributed by atoms with Gasteiger partial charge in [-0.15, -0.1) is 12.4 Å². The molecule has 2 nitrogen and oxygen atoms in total. The van der Waals surface area contributed by atoms with Crippen LogP contribution in [0.5, 0.6) is 0 Å². The van der Waals surface area contributed by atoms with Crippen LogP contribution in [-0.2, 0) is 12.7 Å². The number of benzene rings is 1. The number of para-hydroxylation sites is 1. The maximum absolute atomic E-state index is 12.8. The third-order valence-electron chi connectivity index (χ3n) is 4.12. The van der Waals surface area contributed by atoms with Crippen molar-refractivity contribution < 1.29 is 13.2 Å². The highest BCUT2D eigenvalue weighted by Crippen LogP contribution is 2.35. The SMILES string of the molecule is CN(Cc1cccc(C(F)(F)F)c1N)C1CCCCC1.Cl. The first-order valence-electron chi connectivity index (χ1n) is 7.04. The van der Waals surface area contributed by atoms with Crippen LogP contribution in [0.4, 0.5) is 18.9 Å². The van der Waals surface area contributed by atoms with Crippen molar-refractivity contribution in [3.05, 3.63) is 29.3 Å². The summed E-state index contributed by atoms with van der Waals surface area (Å²) in [4.78, 5) is 2.13. The minimum Gasteiger partial charge on any atom is -0.398 e. The molecule has 120 valence electrons. The lowest BCUT2D eigenvalue weighted by molar-refractivity contribution is -0.136. The molecular formula is C15H22ClF3N2. The number of anilines is 1. The molecule has 0 aromatic heterocycles. The molecule has 1 aromatic carbocycles. The fourth-order valence-corrected chi connectivity index (χ4v) is 2.92. The van der Waals surface area contributed by atoms with E-state index in [9.17, 15) is 13.2 Å². The summed E-state index contributed by atoms with van der Waals surface area (Å²) in [6, 6.07) is 4.62. The summed E-state index contributed by atoms with van der Waals surface area (Å²) in [6.45, 7) is 0.473. The lowest BCUT2D eigenvalue weighted by atomic mass is 9.94. The molecule has 0 saturated heterocycles. The summed E-state index contributed by atoms with van der Waals surface area (Å²) in [7, 11) is 1.97. The van der Waals surface area contributed by atoms with Gasteiger partial charge in [-0.1, -0.05) is 31.4 Å². The van der Waals surface area contributed by atoms with Gasteiger partial charge in [0.15, 0.2) is 0 Å². The molecule has 6 heteroatoms. The van der Waals surface area contributed by atoms with Gasteiger partial charge < -0.3 is 5.73 Å². The minimum absolute atomic E-state index is 0. The summed E-state index contributed by atoms with van der Waals surface area (Å²) in [5.41, 5.74) is 5.40. The molecule has 1 aliphatic rings. The van der Waals surface area contributed by atoms with Gasteiger partial charge in [-0.3, -0.25) is 4.90 Å². The molecule has 0 aliphatic heterocycles. The number of nitrogens with zero attached hydrogens (tertiary/aromatic N) is 1. The average Bonchev–Trinajstić information content (AvgIpc) is 2.40. The number of hydrogen-bond donors (Lipinski definition) is 1. The Balaban J connectivity index is 0.00000220. The molecule has 0 spiro atoms. The van der Waals surface area contributed by atoms with Gasteiger partial charge in [0.1, 0.15) is 0 Å². The Morgan fingerprint density at radius 3 is 2.38 bits per heavy atom. The summed E-state index contributed by atoms with van der Waals surface area (Å²) in [6.07, 6.45) is 1.52. The second-order valence-corrected chi connectivity index (χ2v) is 5.58. The van der Waals surface area contributed by atoms with E-state index in [0.29, 0.717) is 18.2 Å². The molecule has 1 aliphatic carbocycles. The molecule has 0 heterocycles. The molecule has 0 bridgehead atoms. The Bertz CT molecular complexity index is 457. The van der Waals surface area contributed by atoms with E-state index in [-0.39, 0.29) is 18.1 Å². The van der Waals surface area contributed by atoms with Gasteiger partial charge in [0, 0.05) is 18.3 Å². The van der Waals surface area contributed by atoms with Crippen molar-refractivity contribution in [2.24, 2.45) is 0 Å². The standard InChI is InChI=1S/C15H21F3N2.ClH/c1-20(12-7-3-2-4-8-12)10-11-6-5-9-13(14(11)19)15(16,17)18;/h5-6,9,12H,2-4,7-8,10,19H2,1H3;1H. The van der Waals surface area contributed by atoms with Crippen LogP contribution in [0.2, 0.25) is 0 Å². The predicted octanol–water partition coefficient (Wildman–Crippen LogP) is 4.47. The van der Waals surface area contributed by atoms with Crippen molar-refractivity contribution in [2.75, 3.05) is 12.8 Å². The van der Waals surface area contributed by atoms with Crippen LogP contribution in [0.1, 0.15) is 43.2 Å². The van der Waals surface area contributed by atoms with Gasteiger partial charge in [0.05, 0.1) is 5.56 Å². The van der Waals surface area contributed by atoms with Crippen molar-refractivity contribution in [1.29, 1.82) is 0 Å². The van der Waals surface area contributed by atoms with Gasteiger partial charge >= 0.3 is 6.18 Å². The topological polar surface area (TPSA) is 29.3 Å². The normalized spacial score (nSPS) is 16.8. The van der Waals surface area contributed by atoms with Crippen LogP contribution < -0.4 is 5.73 Å². The van der Waals surface area contributed by atoms with E-state index >= 15 is 0 Å². The van der Waals surface area contributed by atoms with E-state index < -0.39 is 11.7 Å². The van der Waals surface area contributed by atoms with Crippen LogP contribution in [0.15, 0.2) is 18.2 Å². The fraction of sp³-hybridized carbons (Fsp3) is 0.600. The van der Waals surface area contributed by atoms with Crippen LogP contribution in [0, 0.1) is 0 Å². The van der Waals surface area contributed by atoms with E-state index in [1.165, 1.54) is 25.3 Å². The van der Waals surface area contributed by atoms with Crippen molar-refractivity contribution in [2.45, 2.75) is 50.9 Å². The number of halogens is 4. The zero-order valence-electron chi connectivity index (χ0n) is 12.1. The number of nitrogen functional groups attached to an aromatic ring is 1. The molecule has 21 heavy (non-hydrogen) atoms. The van der Waals surface area contributed by atoms with Gasteiger partial charge in [-0.2, -0.15) is 13.2 Å². The first kappa shape index (κ1) is 18.1. The van der Waals surface area contributed by atoms with Crippen LogP contribution in [0.25, 0.3) is 0 Å². The highest BCUT2D eigenvalue weighted by Gasteiger charge is 2.33. The lowest BCUT2D eigenvalue weighted by Gasteiger charge is -2.31. The minimum atomic E-state index is -4.39. The van der Waals surface area contributed by atoms with E-state index in [1.807, 2.05) is 7.05 Å². The summed E-state index contributed by atoms with van der Waals surface area (Å²) >= 11 is 0. The Morgan fingerprint density at radius 2 is 1.81 bits per heavy atom. The number of nitrogens with two attached hydrogens (primary N) is 1. The quantitative estimate of drug-likeness (QED) is 0.832. The van der Waals surface area contributed by atoms with E-state index in [1.54, 1.807) is 6.07 Å². The third-order valence-corrected chi connectivity index (χ3v) is 4.12. The zero-order chi connectivity index (χ0) is 14.8. The molecule has 1 saturated carbocycles. The molecule has 2 N–H and O–H groups in total. The van der Waals surface area contributed by atoms with E-state index in [0.717, 1.165) is 18.9 Å². The molecule has 2 rings (SSSR count). The van der Waals surface area contributed by atoms with Crippen LogP contribution in [0.3, 0.4) is 0 Å². The molecule has 1 aromatic rings. The average molecular weight is 323 g/mol. The first-order valence-corrected chi connectivity index (χ1v) is 7.04. The van der Waals surface area contributed by atoms with Gasteiger partial charge in [-0.25, -0.2) is 0 Å². The fourth-order valence-electron chi connectivity index (χ4n) is 2.92. The second kappa shape index (κ2) is 7.36. The van der Waals surface area contributed by atoms with E-state index in [2.05, 4.69) is 4.90 Å². The molecule has 0 unspecified atom stereocenters. The van der Waals surface area contributed by atoms with E-state index in [4.69, 9.17) is 5.73 Å². The van der Waals surface area contributed by atoms with Crippen molar-refractivity contribution >= 4 is 18.1 Å². The lowest BCUT2D eigenvalue weighted by Crippen LogP contribution is -2.33. The highest BCUT2D eigenvalue weighted by atomic mass is 35.5. The second-order valence-electron chi connectivity index (χ2n) is 5.58. The van der Waals surface area contributed by atoms with Crippen molar-refractivity contribution in [1.82, 2.24) is 4.90 Å². The zero-order valence-corrected chi connectivity index (χ0v) is 12.9. The van der Waals surface area contributed by atoms with Crippen molar-refractivity contribution in [3.63, 3.8) is 0 Å². The predicted molar refractivity (Wildman–Crippen MR) is 81.4 cm³/mol. The summed E-state index contributed by atoms with van der Waals surface area (Å²) in [5.74, 6) is 0. The van der Waals surface area contributed by atoms with Crippen LogP contribution in [-0.4, -0.2) is 18.0 Å². The monoisotopic (exact) mass is 322 g/mol. The maximum Gasteiger partial charge on any atom is 0.418 e. The van der Waals surface area contributed by atoms with Crippen molar-refractivity contribution in [3.8, 4) is 0 Å². The number of hydrogen-bond acceptors (Lipinski definition) is 2. The Labute approximate surface area is 129 Å². The largest absolute Gasteiger partial charge is 0.418 e. The summed E-state index contributed by atoms with van der Waals surface area (Å²) < 4.78 is 38.5. The number of rotatable bonds is 3. The molecule has 0 amide bonds. The number of alkyl halides is 3. The smallest absolute Gasteiger partial charge is 0.398 e. The third kappa shape index (κ3) is 4.51. The maximum atomic E-state index is 12.8. The van der Waals surface area contributed by atoms with Gasteiger partial charge in [0.2, 0.25) is 0 Å². The molecule has 0 radical (unpaired) electrons. The Kier molecular flexibility index (Phi) is 6.35. The molecular weight excluding hydrogens is 301 g/mol. The Morgan fingerprint density at radius 1 is 1.19 bits per heavy atom. The Hall–Kier alpha value is -0.940. The van der Waals surface area contributed by atoms with Gasteiger partial charge in [-0.05, 0) is 31.5 Å². The molecule has 0 atom stereocenters. The molecule has 1 fully saturated rings. The highest BCUT2D eigenvalue weighted by molar-refractivity contribution is 5.85. The van der Waals surface area contributed by atoms with Crippen LogP contribution >= 0.6 is 12.4 Å². The first-order chi connectivity index (χ1) is 9.39.